The predicted octanol–water partition coefficient (Wildman–Crippen LogP) is 15.4. The van der Waals surface area contributed by atoms with Crippen LogP contribution in [-0.4, -0.2) is 170 Å². The lowest BCUT2D eigenvalue weighted by Gasteiger charge is -2.17. The fraction of sp³-hybridized carbons (Fsp3) is 0.130. The molecule has 0 aliphatic carbocycles. The van der Waals surface area contributed by atoms with E-state index in [9.17, 15) is 33.7 Å². The van der Waals surface area contributed by atoms with Crippen LogP contribution < -0.4 is 75.7 Å². The van der Waals surface area contributed by atoms with Crippen LogP contribution in [0.2, 0.25) is 0 Å². The van der Waals surface area contributed by atoms with E-state index in [1.165, 1.54) is 173 Å². The van der Waals surface area contributed by atoms with Gasteiger partial charge in [0.25, 0.3) is 63.6 Å². The lowest BCUT2D eigenvalue weighted by Crippen LogP contribution is -2.17. The second-order valence-electron chi connectivity index (χ2n) is 26.5. The summed E-state index contributed by atoms with van der Waals surface area (Å²) in [6.07, 6.45) is 4.19. The Kier molecular flexibility index (Phi) is 21.3. The third-order valence-electron chi connectivity index (χ3n) is 17.2. The van der Waals surface area contributed by atoms with E-state index in [1.807, 2.05) is 0 Å². The molecule has 16 rings (SSSR count). The molecule has 136 heavy (non-hydrogen) atoms. The fourth-order valence-corrected chi connectivity index (χ4v) is 14.6. The molecule has 0 spiro atoms. The van der Waals surface area contributed by atoms with Crippen LogP contribution in [-0.2, 0) is 40.1 Å². The molecular weight excluding hydrogens is 1830 g/mol. The second-order valence-corrected chi connectivity index (χ2v) is 33.0. The fourth-order valence-electron chi connectivity index (χ4n) is 10.8. The van der Waals surface area contributed by atoms with Crippen LogP contribution in [0.3, 0.4) is 0 Å². The van der Waals surface area contributed by atoms with Crippen molar-refractivity contribution in [3.63, 3.8) is 0 Å². The molecule has 4 aromatic carbocycles. The minimum atomic E-state index is -4.50. The van der Waals surface area contributed by atoms with Gasteiger partial charge in [-0.05, 0) is 171 Å². The highest BCUT2D eigenvalue weighted by atomic mass is 32.2. The predicted molar refractivity (Wildman–Crippen MR) is 499 cm³/mol. The molecule has 0 saturated heterocycles. The number of pyridine rings is 8. The van der Waals surface area contributed by atoms with Crippen molar-refractivity contribution in [3.05, 3.63) is 290 Å². The van der Waals surface area contributed by atoms with Crippen LogP contribution in [0.15, 0.2) is 288 Å². The summed E-state index contributed by atoms with van der Waals surface area (Å²) < 4.78 is 399. The number of para-hydroxylation sites is 8. The summed E-state index contributed by atoms with van der Waals surface area (Å²) >= 11 is 0. The number of nitrogens with zero attached hydrogens (tertiary/aromatic N) is 16. The molecule has 0 saturated carbocycles. The number of ether oxygens (including phenoxy) is 12. The van der Waals surface area contributed by atoms with Gasteiger partial charge in [0.2, 0.25) is 23.0 Å². The topological polar surface area (TPSA) is 502 Å². The number of nitrogens with one attached hydrogen (secondary N) is 4. The highest BCUT2D eigenvalue weighted by Gasteiger charge is 2.32. The standard InChI is InChI=1S/4C23H21N5O5S/c4*1-15-8-9-19(25-14-15)34(29,30)28-22-20(33-18-7-5-4-6-17(18)31-2)23(32-3)27-21(26-22)16-10-12-24-13-11-16/h4*4-14H,1-3H3,(H,26,27,28)/i4D,5D,6D,7D,10D,11D,12D,13D;3D3,10D,11D,12D,13D;2D3,10D,11D,12D,13D;2D3,3D3. The van der Waals surface area contributed by atoms with Crippen LogP contribution in [0.4, 0.5) is 23.3 Å². The van der Waals surface area contributed by atoms with Gasteiger partial charge in [-0.3, -0.25) is 38.8 Å². The monoisotopic (exact) mass is 1940 g/mol. The van der Waals surface area contributed by atoms with Gasteiger partial charge in [0.15, 0.2) is 113 Å². The Morgan fingerprint density at radius 1 is 0.272 bits per heavy atom. The van der Waals surface area contributed by atoms with Crippen molar-refractivity contribution in [2.24, 2.45) is 0 Å². The quantitative estimate of drug-likeness (QED) is 0.0304. The Morgan fingerprint density at radius 2 is 0.537 bits per heavy atom. The lowest BCUT2D eigenvalue weighted by atomic mass is 10.2. The first-order valence-corrected chi connectivity index (χ1v) is 44.0. The number of methoxy groups -OCH3 is 8. The summed E-state index contributed by atoms with van der Waals surface area (Å²) in [5, 5.41) is -1.59. The molecule has 44 heteroatoms. The number of aryl methyl sites for hydroxylation is 4. The molecule has 0 aliphatic heterocycles. The molecule has 0 amide bonds. The van der Waals surface area contributed by atoms with Gasteiger partial charge in [0.05, 0.1) is 95.0 Å². The summed E-state index contributed by atoms with van der Waals surface area (Å²) in [5.41, 5.74) is 1.80. The number of aromatic nitrogens is 16. The average Bonchev–Trinajstić information content (AvgIpc) is 0.771. The number of sulfonamides is 4. The zero-order valence-electron chi connectivity index (χ0n) is 99.1. The van der Waals surface area contributed by atoms with E-state index < -0.39 is 286 Å². The molecule has 16 aromatic rings. The zero-order chi connectivity index (χ0) is 120. The van der Waals surface area contributed by atoms with Crippen LogP contribution in [0.5, 0.6) is 92.5 Å². The van der Waals surface area contributed by atoms with E-state index in [4.69, 9.17) is 95.2 Å². The third-order valence-corrected chi connectivity index (χ3v) is 22.2. The molecule has 0 atom stereocenters. The summed E-state index contributed by atoms with van der Waals surface area (Å²) in [4.78, 5) is 63.2. The first-order valence-electron chi connectivity index (χ1n) is 52.1. The largest absolute Gasteiger partial charge is 0.493 e. The van der Waals surface area contributed by atoms with Gasteiger partial charge in [-0.25, -0.2) is 39.9 Å². The molecule has 696 valence electrons. The Labute approximate surface area is 820 Å². The van der Waals surface area contributed by atoms with Crippen LogP contribution in [0, 0.1) is 27.7 Å². The first kappa shape index (κ1) is 65.5. The van der Waals surface area contributed by atoms with Gasteiger partial charge in [0.1, 0.15) is 0 Å². The van der Waals surface area contributed by atoms with E-state index in [0.717, 1.165) is 14.2 Å². The van der Waals surface area contributed by atoms with Crippen LogP contribution in [0.1, 0.15) is 60.6 Å². The number of hydrogen-bond acceptors (Lipinski definition) is 36. The van der Waals surface area contributed by atoms with Gasteiger partial charge in [-0.2, -0.15) is 53.6 Å². The highest BCUT2D eigenvalue weighted by molar-refractivity contribution is 7.93. The van der Waals surface area contributed by atoms with E-state index >= 15 is 0 Å². The molecule has 40 nitrogen and oxygen atoms in total. The summed E-state index contributed by atoms with van der Waals surface area (Å²) in [6.45, 7) is 6.85. The van der Waals surface area contributed by atoms with Crippen molar-refractivity contribution in [3.8, 4) is 138 Å². The number of anilines is 4. The van der Waals surface area contributed by atoms with Crippen molar-refractivity contribution in [1.82, 2.24) is 79.7 Å². The average molecular weight is 1950 g/mol. The molecule has 0 unspecified atom stereocenters. The van der Waals surface area contributed by atoms with Crippen molar-refractivity contribution in [2.75, 3.05) is 75.5 Å². The summed E-state index contributed by atoms with van der Waals surface area (Å²) in [7, 11) is -24.9. The number of benzene rings is 4. The molecule has 0 aliphatic rings. The SMILES string of the molecule is [2H]C([2H])([2H])Oc1ccccc1Oc1c(NS(=O)(=O)c2ccc(C)cn2)nc(-c2ccncc2)nc1OC([2H])([2H])[2H].[2H]c1nc([2H])c([2H])c(-c2nc(NS(=O)(=O)c3ccc(C)cn3)c(Oc3c([2H])c([2H])c([2H])c([2H])c3OC)c(OC)n2)c1[2H].[2H]c1nc([2H])c([2H])c(-c2nc(NS(=O)(=O)c3ccc(C)cn3)c(Oc3ccccc3OC([2H])([2H])[2H])c(OC)n2)c1[2H].[2H]c1nc([2H])c([2H])c(-c2nc(NS(=O)(=O)c3ccc(C)cn3)c(Oc3ccccc3OC)c(OC([2H])([2H])[2H])n2)c1[2H]. The summed E-state index contributed by atoms with van der Waals surface area (Å²) in [5.74, 6) is -10.3. The van der Waals surface area contributed by atoms with Gasteiger partial charge >= 0.3 is 0 Å². The second kappa shape index (κ2) is 44.3. The highest BCUT2D eigenvalue weighted by Crippen LogP contribution is 2.47. The maximum absolute atomic E-state index is 13.3. The Bertz CT molecular complexity index is 8830. The van der Waals surface area contributed by atoms with Gasteiger partial charge in [-0.15, -0.1) is 0 Å². The Balaban J connectivity index is 0.000000180. The maximum Gasteiger partial charge on any atom is 0.280 e. The first-order chi connectivity index (χ1) is 76.8. The molecule has 12 heterocycles. The zero-order valence-corrected chi connectivity index (χ0v) is 74.4. The van der Waals surface area contributed by atoms with E-state index in [1.54, 1.807) is 39.8 Å². The van der Waals surface area contributed by atoms with E-state index in [2.05, 4.69) is 98.6 Å². The number of hydrogen-bond donors (Lipinski definition) is 4. The third kappa shape index (κ3) is 24.2. The molecular formula is C92H84N20O20S4. The van der Waals surface area contributed by atoms with Crippen LogP contribution in [0.25, 0.3) is 45.6 Å². The molecule has 0 fully saturated rings. The van der Waals surface area contributed by atoms with Gasteiger partial charge in [-0.1, -0.05) is 72.7 Å². The van der Waals surface area contributed by atoms with Crippen molar-refractivity contribution in [1.29, 1.82) is 0 Å². The van der Waals surface area contributed by atoms with Crippen molar-refractivity contribution >= 4 is 63.4 Å². The lowest BCUT2D eigenvalue weighted by molar-refractivity contribution is 0.348. The van der Waals surface area contributed by atoms with Crippen molar-refractivity contribution in [2.45, 2.75) is 47.8 Å². The van der Waals surface area contributed by atoms with Gasteiger partial charge < -0.3 is 56.8 Å². The van der Waals surface area contributed by atoms with Crippen molar-refractivity contribution < 1.29 is 129 Å². The molecule has 4 N–H and O–H groups in total. The van der Waals surface area contributed by atoms with E-state index in [0.29, 0.717) is 27.8 Å². The summed E-state index contributed by atoms with van der Waals surface area (Å²) in [6, 6.07) is 25.1. The van der Waals surface area contributed by atoms with Gasteiger partial charge in [0, 0.05) is 96.5 Å². The smallest absolute Gasteiger partial charge is 0.280 e. The Hall–Kier alpha value is -17.0. The minimum absolute atomic E-state index is 0.00353. The minimum Gasteiger partial charge on any atom is -0.493 e. The normalized spacial score (nSPS) is 14.4. The molecule has 12 aromatic heterocycles. The van der Waals surface area contributed by atoms with E-state index in [-0.39, 0.29) is 55.9 Å². The molecule has 0 radical (unpaired) electrons. The number of rotatable bonds is 32. The van der Waals surface area contributed by atoms with Crippen LogP contribution >= 0.6 is 0 Å². The molecule has 0 bridgehead atoms. The Morgan fingerprint density at radius 3 is 0.809 bits per heavy atom. The maximum atomic E-state index is 13.3.